The summed E-state index contributed by atoms with van der Waals surface area (Å²) in [5, 5.41) is 7.93. The Balaban J connectivity index is 1.38. The van der Waals surface area contributed by atoms with Gasteiger partial charge in [0.2, 0.25) is 0 Å². The highest BCUT2D eigenvalue weighted by Crippen LogP contribution is 2.37. The van der Waals surface area contributed by atoms with Gasteiger partial charge in [0.05, 0.1) is 10.0 Å². The Labute approximate surface area is 205 Å². The number of pyridine rings is 1. The molecule has 2 aliphatic rings. The Bertz CT molecular complexity index is 1320. The Morgan fingerprint density at radius 1 is 1.15 bits per heavy atom. The molecule has 2 atom stereocenters. The number of benzene rings is 1. The number of nitrogens with one attached hydrogen (secondary N) is 1. The fourth-order valence-corrected chi connectivity index (χ4v) is 5.65. The number of fused-ring (bicyclic) bond motifs is 4. The molecule has 1 unspecified atom stereocenters. The molecule has 1 saturated heterocycles. The monoisotopic (exact) mass is 502 g/mol. The molecule has 0 saturated carbocycles. The first-order valence-corrected chi connectivity index (χ1v) is 11.7. The van der Waals surface area contributed by atoms with E-state index in [0.717, 1.165) is 12.1 Å². The van der Waals surface area contributed by atoms with Crippen LogP contribution in [0.15, 0.2) is 45.7 Å². The topological polar surface area (TPSA) is 80.4 Å². The van der Waals surface area contributed by atoms with Crippen LogP contribution in [0.2, 0.25) is 10.0 Å². The number of aryl methyl sites for hydroxylation is 1. The first-order valence-electron chi connectivity index (χ1n) is 10.5. The molecule has 4 heterocycles. The number of piperidine rings is 1. The van der Waals surface area contributed by atoms with Crippen molar-refractivity contribution in [3.05, 3.63) is 73.8 Å². The van der Waals surface area contributed by atoms with Gasteiger partial charge in [-0.3, -0.25) is 14.9 Å². The lowest BCUT2D eigenvalue weighted by Gasteiger charge is -2.43. The largest absolute Gasteiger partial charge is 0.360 e. The zero-order valence-corrected chi connectivity index (χ0v) is 20.0. The molecular weight excluding hydrogens is 483 g/mol. The zero-order valence-electron chi connectivity index (χ0n) is 17.7. The van der Waals surface area contributed by atoms with Gasteiger partial charge in [0.1, 0.15) is 17.0 Å². The van der Waals surface area contributed by atoms with Crippen molar-refractivity contribution in [1.82, 2.24) is 19.9 Å². The number of carbonyl (C=O) groups excluding carboxylic acids is 1. The molecule has 1 aromatic carbocycles. The van der Waals surface area contributed by atoms with Crippen LogP contribution in [0, 0.1) is 12.8 Å². The maximum absolute atomic E-state index is 13.2. The lowest BCUT2D eigenvalue weighted by molar-refractivity contribution is 0.0967. The summed E-state index contributed by atoms with van der Waals surface area (Å²) < 4.78 is 7.16. The Morgan fingerprint density at radius 2 is 1.88 bits per heavy atom. The van der Waals surface area contributed by atoms with Crippen molar-refractivity contribution in [2.75, 3.05) is 13.1 Å². The van der Waals surface area contributed by atoms with Crippen molar-refractivity contribution in [3.63, 3.8) is 0 Å². The zero-order chi connectivity index (χ0) is 23.3. The van der Waals surface area contributed by atoms with E-state index in [-0.39, 0.29) is 28.7 Å². The molecule has 0 radical (unpaired) electrons. The maximum atomic E-state index is 13.2. The van der Waals surface area contributed by atoms with Gasteiger partial charge in [0.25, 0.3) is 11.5 Å². The van der Waals surface area contributed by atoms with E-state index in [1.807, 2.05) is 15.5 Å². The van der Waals surface area contributed by atoms with Crippen molar-refractivity contribution in [3.8, 4) is 11.3 Å². The number of nitrogens with zero attached hydrogens (tertiary/aromatic N) is 3. The van der Waals surface area contributed by atoms with E-state index in [2.05, 4.69) is 10.5 Å². The van der Waals surface area contributed by atoms with Crippen LogP contribution in [0.1, 0.15) is 34.2 Å². The van der Waals surface area contributed by atoms with Gasteiger partial charge in [-0.15, -0.1) is 0 Å². The van der Waals surface area contributed by atoms with Gasteiger partial charge in [-0.05, 0) is 49.7 Å². The smallest absolute Gasteiger partial charge is 0.263 e. The van der Waals surface area contributed by atoms with E-state index in [0.29, 0.717) is 46.1 Å². The number of hydrogen-bond acceptors (Lipinski definition) is 5. The number of aromatic nitrogens is 2. The van der Waals surface area contributed by atoms with Crippen LogP contribution in [0.25, 0.3) is 11.3 Å². The molecular formula is C23H20Cl2N4O3S. The molecule has 5 rings (SSSR count). The molecule has 2 aliphatic heterocycles. The van der Waals surface area contributed by atoms with E-state index >= 15 is 0 Å². The molecule has 170 valence electrons. The van der Waals surface area contributed by atoms with Crippen molar-refractivity contribution >= 4 is 46.4 Å². The van der Waals surface area contributed by atoms with E-state index in [1.165, 1.54) is 0 Å². The number of halogens is 2. The fraction of sp³-hybridized carbons (Fsp3) is 0.304. The first kappa shape index (κ1) is 22.1. The molecule has 2 aromatic heterocycles. The third-order valence-corrected chi connectivity index (χ3v) is 7.27. The number of thiocarbonyl (C=S) groups is 1. The molecule has 3 aromatic rings. The minimum Gasteiger partial charge on any atom is -0.360 e. The van der Waals surface area contributed by atoms with Crippen molar-refractivity contribution < 1.29 is 9.32 Å². The van der Waals surface area contributed by atoms with Crippen LogP contribution in [0.3, 0.4) is 0 Å². The lowest BCUT2D eigenvalue weighted by Crippen LogP contribution is -2.52. The average Bonchev–Trinajstić information content (AvgIpc) is 3.15. The second-order valence-electron chi connectivity index (χ2n) is 8.42. The summed E-state index contributed by atoms with van der Waals surface area (Å²) >= 11 is 18.3. The molecule has 0 spiro atoms. The lowest BCUT2D eigenvalue weighted by atomic mass is 9.83. The molecule has 1 amide bonds. The summed E-state index contributed by atoms with van der Waals surface area (Å²) in [6, 6.07) is 10.5. The van der Waals surface area contributed by atoms with E-state index in [1.54, 1.807) is 37.3 Å². The minimum atomic E-state index is -0.433. The Kier molecular flexibility index (Phi) is 5.76. The van der Waals surface area contributed by atoms with Gasteiger partial charge < -0.3 is 14.0 Å². The molecule has 1 fully saturated rings. The summed E-state index contributed by atoms with van der Waals surface area (Å²) in [7, 11) is 0. The van der Waals surface area contributed by atoms with Crippen molar-refractivity contribution in [2.24, 2.45) is 5.92 Å². The fourth-order valence-electron chi connectivity index (χ4n) is 4.84. The van der Waals surface area contributed by atoms with E-state index in [4.69, 9.17) is 39.9 Å². The van der Waals surface area contributed by atoms with E-state index < -0.39 is 5.91 Å². The molecule has 10 heteroatoms. The summed E-state index contributed by atoms with van der Waals surface area (Å²) in [5.74, 6) is 0.360. The quantitative estimate of drug-likeness (QED) is 0.527. The number of carbonyl (C=O) groups is 1. The Hall–Kier alpha value is -2.68. The summed E-state index contributed by atoms with van der Waals surface area (Å²) in [6.45, 7) is 3.60. The average molecular weight is 503 g/mol. The van der Waals surface area contributed by atoms with Crippen LogP contribution < -0.4 is 10.9 Å². The highest BCUT2D eigenvalue weighted by atomic mass is 35.5. The number of amides is 1. The second-order valence-corrected chi connectivity index (χ2v) is 9.62. The predicted molar refractivity (Wildman–Crippen MR) is 130 cm³/mol. The minimum absolute atomic E-state index is 0.0280. The van der Waals surface area contributed by atoms with Crippen molar-refractivity contribution in [2.45, 2.75) is 25.8 Å². The molecule has 0 aliphatic carbocycles. The summed E-state index contributed by atoms with van der Waals surface area (Å²) in [4.78, 5) is 27.5. The van der Waals surface area contributed by atoms with Crippen molar-refractivity contribution in [1.29, 1.82) is 0 Å². The summed E-state index contributed by atoms with van der Waals surface area (Å²) in [5.41, 5.74) is 1.99. The molecule has 1 N–H and O–H groups in total. The number of hydrogen-bond donors (Lipinski definition) is 1. The van der Waals surface area contributed by atoms with E-state index in [9.17, 15) is 9.59 Å². The van der Waals surface area contributed by atoms with Crippen LogP contribution in [0.5, 0.6) is 0 Å². The van der Waals surface area contributed by atoms with Gasteiger partial charge in [-0.25, -0.2) is 0 Å². The third-order valence-electron chi connectivity index (χ3n) is 6.28. The summed E-state index contributed by atoms with van der Waals surface area (Å²) in [6.07, 6.45) is 0.996. The van der Waals surface area contributed by atoms with Crippen LogP contribution in [-0.2, 0) is 6.54 Å². The maximum Gasteiger partial charge on any atom is 0.263 e. The molecule has 33 heavy (non-hydrogen) atoms. The predicted octanol–water partition coefficient (Wildman–Crippen LogP) is 4.25. The second kappa shape index (κ2) is 8.59. The van der Waals surface area contributed by atoms with Crippen LogP contribution >= 0.6 is 35.4 Å². The standard InChI is InChI=1S/C23H20Cl2N4O3S/c1-12-19(21(27-32-12)20-15(24)4-2-5-16(20)25)22(31)26-23(33)28-9-13-8-14(11-28)17-6-3-7-18(30)29(17)10-13/h2-7,13-14H,8-11H2,1H3,(H,26,31,33)/t13?,14-/m0/s1. The van der Waals surface area contributed by atoms with Gasteiger partial charge in [-0.1, -0.05) is 40.5 Å². The third kappa shape index (κ3) is 3.96. The van der Waals surface area contributed by atoms with Gasteiger partial charge >= 0.3 is 0 Å². The Morgan fingerprint density at radius 3 is 2.64 bits per heavy atom. The van der Waals surface area contributed by atoms with Gasteiger partial charge in [0.15, 0.2) is 5.11 Å². The van der Waals surface area contributed by atoms with Crippen LogP contribution in [0.4, 0.5) is 0 Å². The normalized spacial score (nSPS) is 19.2. The van der Waals surface area contributed by atoms with Gasteiger partial charge in [0, 0.05) is 42.9 Å². The van der Waals surface area contributed by atoms with Crippen LogP contribution in [-0.4, -0.2) is 38.7 Å². The molecule has 2 bridgehead atoms. The number of likely N-dealkylation sites (tertiary alicyclic amines) is 1. The van der Waals surface area contributed by atoms with Gasteiger partial charge in [-0.2, -0.15) is 0 Å². The number of rotatable bonds is 2. The highest BCUT2D eigenvalue weighted by Gasteiger charge is 2.36. The molecule has 7 nitrogen and oxygen atoms in total. The first-order chi connectivity index (χ1) is 15.8. The highest BCUT2D eigenvalue weighted by molar-refractivity contribution is 7.80. The SMILES string of the molecule is Cc1onc(-c2c(Cl)cccc2Cl)c1C(=O)NC(=S)N1CC2C[C@@H](C1)c1cccc(=O)n1C2.